The van der Waals surface area contributed by atoms with Crippen molar-refractivity contribution >= 4 is 11.6 Å². The van der Waals surface area contributed by atoms with Crippen LogP contribution in [-0.2, 0) is 0 Å². The van der Waals surface area contributed by atoms with Crippen molar-refractivity contribution in [3.05, 3.63) is 96.0 Å². The normalized spacial score (nSPS) is 10.7. The number of benzene rings is 3. The van der Waals surface area contributed by atoms with Gasteiger partial charge in [-0.1, -0.05) is 84.4 Å². The largest absolute Gasteiger partial charge is 0.354 e. The molecule has 0 spiro atoms. The Bertz CT molecular complexity index is 938. The summed E-state index contributed by atoms with van der Waals surface area (Å²) in [7, 11) is 0. The van der Waals surface area contributed by atoms with Gasteiger partial charge in [0.1, 0.15) is 0 Å². The molecule has 0 amide bonds. The standard InChI is InChI=1S/C22H16ClN/c23-19-13-11-18(12-14-19)22-20(16-7-3-1-4-8-16)15-21(24-22)17-9-5-2-6-10-17/h1-15,24H. The summed E-state index contributed by atoms with van der Waals surface area (Å²) in [5.74, 6) is 0. The van der Waals surface area contributed by atoms with Gasteiger partial charge in [0, 0.05) is 16.3 Å². The third-order valence-electron chi connectivity index (χ3n) is 4.12. The second kappa shape index (κ2) is 6.38. The summed E-state index contributed by atoms with van der Waals surface area (Å²) in [6.45, 7) is 0. The van der Waals surface area contributed by atoms with Gasteiger partial charge in [0.2, 0.25) is 0 Å². The lowest BCUT2D eigenvalue weighted by atomic mass is 10.0. The maximum absolute atomic E-state index is 6.05. The zero-order valence-corrected chi connectivity index (χ0v) is 13.8. The molecule has 4 aromatic rings. The molecule has 1 aromatic heterocycles. The van der Waals surface area contributed by atoms with Gasteiger partial charge in [-0.2, -0.15) is 0 Å². The molecule has 0 atom stereocenters. The molecule has 1 heterocycles. The first-order valence-corrected chi connectivity index (χ1v) is 8.29. The molecule has 0 saturated heterocycles. The Labute approximate surface area is 146 Å². The first-order valence-electron chi connectivity index (χ1n) is 7.91. The van der Waals surface area contributed by atoms with Crippen LogP contribution in [-0.4, -0.2) is 4.98 Å². The maximum Gasteiger partial charge on any atom is 0.0538 e. The average molecular weight is 330 g/mol. The van der Waals surface area contributed by atoms with E-state index in [1.54, 1.807) is 0 Å². The van der Waals surface area contributed by atoms with Crippen molar-refractivity contribution in [3.8, 4) is 33.6 Å². The predicted octanol–water partition coefficient (Wildman–Crippen LogP) is 6.67. The molecule has 116 valence electrons. The molecular weight excluding hydrogens is 314 g/mol. The van der Waals surface area contributed by atoms with Gasteiger partial charge >= 0.3 is 0 Å². The second-order valence-electron chi connectivity index (χ2n) is 5.71. The Morgan fingerprint density at radius 1 is 0.583 bits per heavy atom. The SMILES string of the molecule is Clc1ccc(-c2[nH]c(-c3ccccc3)cc2-c2ccccc2)cc1. The fourth-order valence-corrected chi connectivity index (χ4v) is 3.04. The Hall–Kier alpha value is -2.77. The molecule has 0 aliphatic heterocycles. The van der Waals surface area contributed by atoms with E-state index in [0.29, 0.717) is 0 Å². The van der Waals surface area contributed by atoms with Crippen molar-refractivity contribution in [2.75, 3.05) is 0 Å². The van der Waals surface area contributed by atoms with Crippen molar-refractivity contribution < 1.29 is 0 Å². The molecule has 0 radical (unpaired) electrons. The average Bonchev–Trinajstić information content (AvgIpc) is 3.09. The second-order valence-corrected chi connectivity index (χ2v) is 6.15. The van der Waals surface area contributed by atoms with Gasteiger partial charge < -0.3 is 4.98 Å². The van der Waals surface area contributed by atoms with E-state index >= 15 is 0 Å². The summed E-state index contributed by atoms with van der Waals surface area (Å²) in [6.07, 6.45) is 0. The number of H-pyrrole nitrogens is 1. The Kier molecular flexibility index (Phi) is 3.94. The van der Waals surface area contributed by atoms with Crippen molar-refractivity contribution in [3.63, 3.8) is 0 Å². The molecule has 0 aliphatic carbocycles. The van der Waals surface area contributed by atoms with E-state index in [0.717, 1.165) is 22.0 Å². The highest BCUT2D eigenvalue weighted by Crippen LogP contribution is 2.36. The molecule has 0 bridgehead atoms. The summed E-state index contributed by atoms with van der Waals surface area (Å²) < 4.78 is 0. The maximum atomic E-state index is 6.05. The lowest BCUT2D eigenvalue weighted by molar-refractivity contribution is 1.39. The molecule has 3 aromatic carbocycles. The van der Waals surface area contributed by atoms with Crippen LogP contribution in [0.2, 0.25) is 5.02 Å². The highest BCUT2D eigenvalue weighted by atomic mass is 35.5. The van der Waals surface area contributed by atoms with Crippen molar-refractivity contribution in [1.29, 1.82) is 0 Å². The van der Waals surface area contributed by atoms with Gasteiger partial charge in [0.25, 0.3) is 0 Å². The van der Waals surface area contributed by atoms with Crippen LogP contribution in [0.1, 0.15) is 0 Å². The molecular formula is C22H16ClN. The number of halogens is 1. The Balaban J connectivity index is 1.90. The highest BCUT2D eigenvalue weighted by Gasteiger charge is 2.13. The molecule has 2 heteroatoms. The zero-order chi connectivity index (χ0) is 16.4. The number of aromatic amines is 1. The number of hydrogen-bond acceptors (Lipinski definition) is 0. The van der Waals surface area contributed by atoms with Crippen LogP contribution in [0.25, 0.3) is 33.6 Å². The summed E-state index contributed by atoms with van der Waals surface area (Å²) in [4.78, 5) is 3.59. The van der Waals surface area contributed by atoms with Gasteiger partial charge in [-0.15, -0.1) is 0 Å². The summed E-state index contributed by atoms with van der Waals surface area (Å²) >= 11 is 6.05. The molecule has 24 heavy (non-hydrogen) atoms. The zero-order valence-electron chi connectivity index (χ0n) is 13.0. The fourth-order valence-electron chi connectivity index (χ4n) is 2.92. The Morgan fingerprint density at radius 3 is 1.79 bits per heavy atom. The predicted molar refractivity (Wildman–Crippen MR) is 102 cm³/mol. The van der Waals surface area contributed by atoms with Crippen LogP contribution < -0.4 is 0 Å². The van der Waals surface area contributed by atoms with E-state index < -0.39 is 0 Å². The van der Waals surface area contributed by atoms with Crippen molar-refractivity contribution in [1.82, 2.24) is 4.98 Å². The van der Waals surface area contributed by atoms with E-state index in [9.17, 15) is 0 Å². The number of hydrogen-bond donors (Lipinski definition) is 1. The van der Waals surface area contributed by atoms with Gasteiger partial charge in [-0.3, -0.25) is 0 Å². The summed E-state index contributed by atoms with van der Waals surface area (Å²) in [5.41, 5.74) is 6.91. The lowest BCUT2D eigenvalue weighted by Crippen LogP contribution is -1.82. The molecule has 1 nitrogen and oxygen atoms in total. The number of aromatic nitrogens is 1. The third-order valence-corrected chi connectivity index (χ3v) is 4.37. The topological polar surface area (TPSA) is 15.8 Å². The molecule has 0 saturated carbocycles. The van der Waals surface area contributed by atoms with E-state index in [-0.39, 0.29) is 0 Å². The molecule has 0 fully saturated rings. The quantitative estimate of drug-likeness (QED) is 0.432. The molecule has 1 N–H and O–H groups in total. The van der Waals surface area contributed by atoms with Crippen LogP contribution in [0.4, 0.5) is 0 Å². The molecule has 0 aliphatic rings. The van der Waals surface area contributed by atoms with Crippen molar-refractivity contribution in [2.45, 2.75) is 0 Å². The van der Waals surface area contributed by atoms with E-state index in [1.807, 2.05) is 24.3 Å². The minimum atomic E-state index is 0.745. The molecule has 4 rings (SSSR count). The van der Waals surface area contributed by atoms with Gasteiger partial charge in [-0.25, -0.2) is 0 Å². The minimum Gasteiger partial charge on any atom is -0.354 e. The Morgan fingerprint density at radius 2 is 1.17 bits per heavy atom. The van der Waals surface area contributed by atoms with Gasteiger partial charge in [-0.05, 0) is 34.9 Å². The van der Waals surface area contributed by atoms with E-state index in [2.05, 4.69) is 71.7 Å². The van der Waals surface area contributed by atoms with Crippen LogP contribution in [0.15, 0.2) is 91.0 Å². The monoisotopic (exact) mass is 329 g/mol. The van der Waals surface area contributed by atoms with E-state index in [1.165, 1.54) is 16.7 Å². The number of rotatable bonds is 3. The van der Waals surface area contributed by atoms with E-state index in [4.69, 9.17) is 11.6 Å². The lowest BCUT2D eigenvalue weighted by Gasteiger charge is -2.05. The van der Waals surface area contributed by atoms with Crippen LogP contribution in [0, 0.1) is 0 Å². The van der Waals surface area contributed by atoms with Gasteiger partial charge in [0.15, 0.2) is 0 Å². The van der Waals surface area contributed by atoms with Crippen LogP contribution in [0.5, 0.6) is 0 Å². The minimum absolute atomic E-state index is 0.745. The summed E-state index contributed by atoms with van der Waals surface area (Å²) in [5, 5.41) is 0.745. The smallest absolute Gasteiger partial charge is 0.0538 e. The van der Waals surface area contributed by atoms with Crippen molar-refractivity contribution in [2.24, 2.45) is 0 Å². The van der Waals surface area contributed by atoms with Crippen LogP contribution >= 0.6 is 11.6 Å². The fraction of sp³-hybridized carbons (Fsp3) is 0. The number of nitrogens with one attached hydrogen (secondary N) is 1. The molecule has 0 unspecified atom stereocenters. The first kappa shape index (κ1) is 14.8. The summed E-state index contributed by atoms with van der Waals surface area (Å²) in [6, 6.07) is 31.0. The van der Waals surface area contributed by atoms with Gasteiger partial charge in [0.05, 0.1) is 5.69 Å². The van der Waals surface area contributed by atoms with Crippen LogP contribution in [0.3, 0.4) is 0 Å². The highest BCUT2D eigenvalue weighted by molar-refractivity contribution is 6.30. The first-order chi connectivity index (χ1) is 11.8. The third kappa shape index (κ3) is 2.86.